The second-order valence-electron chi connectivity index (χ2n) is 8.29. The number of hydrogen-bond acceptors (Lipinski definition) is 6. The largest absolute Gasteiger partial charge is 0.496 e. The summed E-state index contributed by atoms with van der Waals surface area (Å²) in [5.74, 6) is 0.808. The Morgan fingerprint density at radius 2 is 1.57 bits per heavy atom. The maximum Gasteiger partial charge on any atom is 0.262 e. The topological polar surface area (TPSA) is 100 Å². The third kappa shape index (κ3) is 6.19. The average molecular weight is 492 g/mol. The molecule has 3 aromatic rings. The molecule has 1 heterocycles. The summed E-state index contributed by atoms with van der Waals surface area (Å²) in [7, 11) is 3.22. The Morgan fingerprint density at radius 3 is 2.17 bits per heavy atom. The Labute approximate surface area is 209 Å². The van der Waals surface area contributed by atoms with E-state index in [-0.39, 0.29) is 24.3 Å². The van der Waals surface area contributed by atoms with E-state index in [1.54, 1.807) is 14.2 Å². The third-order valence-corrected chi connectivity index (χ3v) is 6.54. The molecule has 7 nitrogen and oxygen atoms in total. The van der Waals surface area contributed by atoms with Crippen molar-refractivity contribution in [2.75, 3.05) is 20.8 Å². The normalized spacial score (nSPS) is 11.4. The number of benzene rings is 2. The van der Waals surface area contributed by atoms with Crippen LogP contribution in [0.4, 0.5) is 0 Å². The SMILES string of the molecule is COc1ccccc1-c1cc(C(=O)N[C@@H](CC(C)C)C(=O)NCC#N)sc1-c1ccccc1OC. The fourth-order valence-corrected chi connectivity index (χ4v) is 4.89. The van der Waals surface area contributed by atoms with E-state index in [4.69, 9.17) is 14.7 Å². The molecule has 2 N–H and O–H groups in total. The van der Waals surface area contributed by atoms with Crippen LogP contribution in [0.2, 0.25) is 0 Å². The van der Waals surface area contributed by atoms with Crippen LogP contribution in [0.15, 0.2) is 54.6 Å². The van der Waals surface area contributed by atoms with Crippen LogP contribution in [0.1, 0.15) is 29.9 Å². The number of carbonyl (C=O) groups excluding carboxylic acids is 2. The summed E-state index contributed by atoms with van der Waals surface area (Å²) in [4.78, 5) is 27.2. The van der Waals surface area contributed by atoms with Gasteiger partial charge < -0.3 is 20.1 Å². The first-order valence-corrected chi connectivity index (χ1v) is 12.1. The molecule has 0 saturated carbocycles. The molecule has 1 aromatic heterocycles. The number of nitrogens with zero attached hydrogens (tertiary/aromatic N) is 1. The molecule has 2 aromatic carbocycles. The molecule has 0 spiro atoms. The molecule has 0 radical (unpaired) electrons. The van der Waals surface area contributed by atoms with Crippen molar-refractivity contribution in [1.29, 1.82) is 5.26 Å². The van der Waals surface area contributed by atoms with Gasteiger partial charge in [-0.25, -0.2) is 0 Å². The number of ether oxygens (including phenoxy) is 2. The molecule has 0 aliphatic carbocycles. The maximum atomic E-state index is 13.3. The van der Waals surface area contributed by atoms with E-state index in [1.165, 1.54) is 11.3 Å². The maximum absolute atomic E-state index is 13.3. The molecule has 0 saturated heterocycles. The van der Waals surface area contributed by atoms with Crippen molar-refractivity contribution in [1.82, 2.24) is 10.6 Å². The fourth-order valence-electron chi connectivity index (χ4n) is 3.78. The molecule has 3 rings (SSSR count). The molecule has 2 amide bonds. The predicted octanol–water partition coefficient (Wildman–Crippen LogP) is 4.88. The van der Waals surface area contributed by atoms with Gasteiger partial charge >= 0.3 is 0 Å². The molecule has 0 aliphatic heterocycles. The van der Waals surface area contributed by atoms with Crippen LogP contribution in [-0.4, -0.2) is 38.6 Å². The van der Waals surface area contributed by atoms with Crippen LogP contribution in [0.25, 0.3) is 21.6 Å². The van der Waals surface area contributed by atoms with Crippen LogP contribution in [-0.2, 0) is 4.79 Å². The smallest absolute Gasteiger partial charge is 0.262 e. The minimum absolute atomic E-state index is 0.113. The number of hydrogen-bond donors (Lipinski definition) is 2. The van der Waals surface area contributed by atoms with Gasteiger partial charge in [0.1, 0.15) is 24.1 Å². The van der Waals surface area contributed by atoms with Crippen LogP contribution < -0.4 is 20.1 Å². The summed E-state index contributed by atoms with van der Waals surface area (Å²) in [6.07, 6.45) is 0.451. The van der Waals surface area contributed by atoms with Gasteiger partial charge in [-0.3, -0.25) is 9.59 Å². The van der Waals surface area contributed by atoms with Crippen molar-refractivity contribution >= 4 is 23.2 Å². The molecule has 8 heteroatoms. The molecule has 0 aliphatic rings. The second-order valence-corrected chi connectivity index (χ2v) is 9.34. The lowest BCUT2D eigenvalue weighted by Crippen LogP contribution is -2.47. The Morgan fingerprint density at radius 1 is 0.971 bits per heavy atom. The zero-order valence-electron chi connectivity index (χ0n) is 20.3. The molecular weight excluding hydrogens is 462 g/mol. The Hall–Kier alpha value is -3.83. The van der Waals surface area contributed by atoms with Gasteiger partial charge in [-0.2, -0.15) is 5.26 Å². The summed E-state index contributed by atoms with van der Waals surface area (Å²) < 4.78 is 11.2. The van der Waals surface area contributed by atoms with Crippen molar-refractivity contribution in [3.05, 3.63) is 59.5 Å². The van der Waals surface area contributed by atoms with E-state index in [0.29, 0.717) is 22.8 Å². The first kappa shape index (κ1) is 25.8. The summed E-state index contributed by atoms with van der Waals surface area (Å²) in [6, 6.07) is 18.2. The van der Waals surface area contributed by atoms with Crippen molar-refractivity contribution in [3.8, 4) is 39.1 Å². The van der Waals surface area contributed by atoms with Crippen molar-refractivity contribution in [2.24, 2.45) is 5.92 Å². The zero-order chi connectivity index (χ0) is 25.4. The molecule has 182 valence electrons. The molecular formula is C27H29N3O4S. The fraction of sp³-hybridized carbons (Fsp3) is 0.296. The van der Waals surface area contributed by atoms with Gasteiger partial charge in [0.2, 0.25) is 5.91 Å². The number of methoxy groups -OCH3 is 2. The Balaban J connectivity index is 2.06. The van der Waals surface area contributed by atoms with Crippen molar-refractivity contribution < 1.29 is 19.1 Å². The molecule has 0 fully saturated rings. The monoisotopic (exact) mass is 491 g/mol. The number of rotatable bonds is 10. The van der Waals surface area contributed by atoms with E-state index in [0.717, 1.165) is 21.6 Å². The minimum atomic E-state index is -0.748. The molecule has 35 heavy (non-hydrogen) atoms. The lowest BCUT2D eigenvalue weighted by Gasteiger charge is -2.19. The number of amides is 2. The second kappa shape index (κ2) is 12.0. The van der Waals surface area contributed by atoms with E-state index in [1.807, 2.05) is 74.5 Å². The Kier molecular flexibility index (Phi) is 8.87. The van der Waals surface area contributed by atoms with Gasteiger partial charge in [0, 0.05) is 21.6 Å². The van der Waals surface area contributed by atoms with Gasteiger partial charge in [-0.05, 0) is 36.6 Å². The zero-order valence-corrected chi connectivity index (χ0v) is 21.1. The van der Waals surface area contributed by atoms with Gasteiger partial charge in [-0.1, -0.05) is 44.2 Å². The predicted molar refractivity (Wildman–Crippen MR) is 138 cm³/mol. The summed E-state index contributed by atoms with van der Waals surface area (Å²) in [5.41, 5.74) is 2.53. The van der Waals surface area contributed by atoms with Crippen molar-refractivity contribution in [2.45, 2.75) is 26.3 Å². The third-order valence-electron chi connectivity index (χ3n) is 5.38. The van der Waals surface area contributed by atoms with Crippen LogP contribution in [0, 0.1) is 17.2 Å². The van der Waals surface area contributed by atoms with E-state index < -0.39 is 6.04 Å². The van der Waals surface area contributed by atoms with E-state index in [9.17, 15) is 9.59 Å². The number of nitrogens with one attached hydrogen (secondary N) is 2. The first-order valence-electron chi connectivity index (χ1n) is 11.3. The molecule has 1 atom stereocenters. The highest BCUT2D eigenvalue weighted by molar-refractivity contribution is 7.18. The molecule has 0 bridgehead atoms. The quantitative estimate of drug-likeness (QED) is 0.394. The number of para-hydroxylation sites is 2. The lowest BCUT2D eigenvalue weighted by atomic mass is 10.0. The highest BCUT2D eigenvalue weighted by atomic mass is 32.1. The van der Waals surface area contributed by atoms with Gasteiger partial charge in [0.05, 0.1) is 25.2 Å². The summed E-state index contributed by atoms with van der Waals surface area (Å²) >= 11 is 1.32. The lowest BCUT2D eigenvalue weighted by molar-refractivity contribution is -0.123. The Bertz CT molecular complexity index is 1160. The highest BCUT2D eigenvalue weighted by Crippen LogP contribution is 2.45. The summed E-state index contributed by atoms with van der Waals surface area (Å²) in [6.45, 7) is 3.83. The van der Waals surface area contributed by atoms with Crippen molar-refractivity contribution in [3.63, 3.8) is 0 Å². The van der Waals surface area contributed by atoms with Crippen LogP contribution >= 0.6 is 11.3 Å². The van der Waals surface area contributed by atoms with Crippen LogP contribution in [0.5, 0.6) is 11.5 Å². The summed E-state index contributed by atoms with van der Waals surface area (Å²) in [5, 5.41) is 14.2. The number of nitriles is 1. The first-order chi connectivity index (χ1) is 16.9. The van der Waals surface area contributed by atoms with Gasteiger partial charge in [0.25, 0.3) is 5.91 Å². The number of thiophene rings is 1. The van der Waals surface area contributed by atoms with Crippen LogP contribution in [0.3, 0.4) is 0 Å². The highest BCUT2D eigenvalue weighted by Gasteiger charge is 2.26. The molecule has 0 unspecified atom stereocenters. The number of carbonyl (C=O) groups is 2. The van der Waals surface area contributed by atoms with Gasteiger partial charge in [-0.15, -0.1) is 11.3 Å². The van der Waals surface area contributed by atoms with E-state index >= 15 is 0 Å². The minimum Gasteiger partial charge on any atom is -0.496 e. The standard InChI is InChI=1S/C27H29N3O4S/c1-17(2)15-21(26(31)29-14-13-28)30-27(32)24-16-20(18-9-5-7-11-22(18)33-3)25(35-24)19-10-6-8-12-23(19)34-4/h5-12,16-17,21H,14-15H2,1-4H3,(H,29,31)(H,30,32)/t21-/m0/s1. The average Bonchev–Trinajstić information content (AvgIpc) is 3.31. The van der Waals surface area contributed by atoms with E-state index in [2.05, 4.69) is 10.6 Å². The van der Waals surface area contributed by atoms with Gasteiger partial charge in [0.15, 0.2) is 0 Å².